The molecule has 1 amide bonds. The average molecular weight is 582 g/mol. The molecule has 5 aromatic rings. The van der Waals surface area contributed by atoms with Crippen LogP contribution in [0, 0.1) is 0 Å². The fraction of sp³-hybridized carbons (Fsp3) is 0.160. The van der Waals surface area contributed by atoms with Gasteiger partial charge in [-0.2, -0.15) is 4.68 Å². The van der Waals surface area contributed by atoms with Gasteiger partial charge in [0, 0.05) is 35.0 Å². The topological polar surface area (TPSA) is 155 Å². The van der Waals surface area contributed by atoms with E-state index in [-0.39, 0.29) is 18.7 Å². The zero-order valence-electron chi connectivity index (χ0n) is 21.1. The van der Waals surface area contributed by atoms with Crippen molar-refractivity contribution in [3.63, 3.8) is 0 Å². The fourth-order valence-corrected chi connectivity index (χ4v) is 4.41. The lowest BCUT2D eigenvalue weighted by Gasteiger charge is -2.14. The number of methoxy groups -OCH3 is 2. The monoisotopic (exact) mass is 581 g/mol. The number of tetrazole rings is 1. The van der Waals surface area contributed by atoms with Crippen LogP contribution in [0.5, 0.6) is 0 Å². The van der Waals surface area contributed by atoms with Crippen LogP contribution >= 0.6 is 23.2 Å². The largest absolute Gasteiger partial charge is 0.453 e. The second-order valence-corrected chi connectivity index (χ2v) is 9.19. The summed E-state index contributed by atoms with van der Waals surface area (Å²) in [5.41, 5.74) is 2.93. The van der Waals surface area contributed by atoms with Gasteiger partial charge in [-0.3, -0.25) is 14.7 Å². The third kappa shape index (κ3) is 5.71. The normalized spacial score (nSPS) is 11.0. The molecule has 40 heavy (non-hydrogen) atoms. The molecule has 0 fully saturated rings. The Bertz CT molecular complexity index is 1720. The number of nitrogens with zero attached hydrogens (tertiary/aromatic N) is 7. The van der Waals surface area contributed by atoms with Crippen LogP contribution in [0.15, 0.2) is 59.7 Å². The first-order valence-corrected chi connectivity index (χ1v) is 12.4. The summed E-state index contributed by atoms with van der Waals surface area (Å²) < 4.78 is 12.8. The number of ether oxygens (including phenoxy) is 2. The van der Waals surface area contributed by atoms with E-state index in [1.165, 1.54) is 35.9 Å². The zero-order chi connectivity index (χ0) is 28.2. The second-order valence-electron chi connectivity index (χ2n) is 8.37. The minimum Gasteiger partial charge on any atom is -0.453 e. The number of hydrogen-bond acceptors (Lipinski definition) is 9. The van der Waals surface area contributed by atoms with Crippen LogP contribution in [-0.4, -0.2) is 60.0 Å². The Morgan fingerprint density at radius 3 is 2.58 bits per heavy atom. The Labute approximate surface area is 236 Å². The summed E-state index contributed by atoms with van der Waals surface area (Å²) in [5.74, 6) is 0.794. The van der Waals surface area contributed by atoms with Gasteiger partial charge < -0.3 is 14.5 Å². The van der Waals surface area contributed by atoms with Crippen LogP contribution in [0.3, 0.4) is 0 Å². The van der Waals surface area contributed by atoms with E-state index in [2.05, 4.69) is 35.5 Å². The first-order valence-electron chi connectivity index (χ1n) is 11.7. The number of halogens is 2. The third-order valence-corrected chi connectivity index (χ3v) is 6.31. The molecule has 2 N–H and O–H groups in total. The number of nitrogens with one attached hydrogen (secondary N) is 2. The highest BCUT2D eigenvalue weighted by atomic mass is 35.5. The van der Waals surface area contributed by atoms with Crippen molar-refractivity contribution in [2.75, 3.05) is 19.5 Å². The standard InChI is InChI=1S/C25H21Cl2N9O4/c1-39-12-21-30-18(17-9-15(26)5-8-19(17)36-13-28-33-34-36)10-22(37)35(21)11-20-31-23(24(27)32-20)14-3-6-16(7-4-14)29-25(38)40-2/h3-10,13H,11-12H2,1-2H3,(H,29,38)(H,31,32). The molecule has 2 aromatic carbocycles. The molecule has 0 unspecified atom stereocenters. The van der Waals surface area contributed by atoms with Gasteiger partial charge in [0.15, 0.2) is 0 Å². The molecule has 0 spiro atoms. The van der Waals surface area contributed by atoms with Gasteiger partial charge in [-0.1, -0.05) is 35.3 Å². The van der Waals surface area contributed by atoms with Crippen molar-refractivity contribution in [1.82, 2.24) is 39.7 Å². The maximum absolute atomic E-state index is 13.4. The number of amides is 1. The molecular weight excluding hydrogens is 561 g/mol. The lowest BCUT2D eigenvalue weighted by molar-refractivity contribution is 0.173. The number of anilines is 1. The summed E-state index contributed by atoms with van der Waals surface area (Å²) in [6.45, 7) is 0.113. The summed E-state index contributed by atoms with van der Waals surface area (Å²) >= 11 is 12.7. The molecule has 0 saturated heterocycles. The SMILES string of the molecule is COCc1nc(-c2cc(Cl)ccc2-n2cnnn2)cc(=O)n1Cc1nc(-c2ccc(NC(=O)OC)cc2)c(Cl)[nH]1. The van der Waals surface area contributed by atoms with Crippen molar-refractivity contribution in [1.29, 1.82) is 0 Å². The van der Waals surface area contributed by atoms with Gasteiger partial charge in [-0.05, 0) is 40.8 Å². The van der Waals surface area contributed by atoms with Crippen molar-refractivity contribution in [3.8, 4) is 28.2 Å². The van der Waals surface area contributed by atoms with E-state index in [9.17, 15) is 9.59 Å². The van der Waals surface area contributed by atoms with Gasteiger partial charge in [0.05, 0.1) is 25.0 Å². The summed E-state index contributed by atoms with van der Waals surface area (Å²) in [7, 11) is 2.79. The van der Waals surface area contributed by atoms with E-state index in [1.807, 2.05) is 0 Å². The van der Waals surface area contributed by atoms with Crippen molar-refractivity contribution in [2.45, 2.75) is 13.2 Å². The summed E-state index contributed by atoms with van der Waals surface area (Å²) in [4.78, 5) is 37.1. The highest BCUT2D eigenvalue weighted by Crippen LogP contribution is 2.29. The van der Waals surface area contributed by atoms with E-state index in [0.717, 1.165) is 0 Å². The number of carbonyl (C=O) groups excluding carboxylic acids is 1. The Balaban J connectivity index is 1.47. The molecule has 0 bridgehead atoms. The maximum atomic E-state index is 13.4. The summed E-state index contributed by atoms with van der Waals surface area (Å²) in [6, 6.07) is 13.4. The molecule has 0 aliphatic heterocycles. The number of benzene rings is 2. The fourth-order valence-electron chi connectivity index (χ4n) is 3.98. The number of hydrogen-bond donors (Lipinski definition) is 2. The van der Waals surface area contributed by atoms with Crippen LogP contribution < -0.4 is 10.9 Å². The second kappa shape index (κ2) is 11.7. The first kappa shape index (κ1) is 27.0. The molecule has 13 nitrogen and oxygen atoms in total. The van der Waals surface area contributed by atoms with Gasteiger partial charge in [0.2, 0.25) is 0 Å². The molecule has 5 rings (SSSR count). The highest BCUT2D eigenvalue weighted by Gasteiger charge is 2.18. The smallest absolute Gasteiger partial charge is 0.411 e. The van der Waals surface area contributed by atoms with E-state index in [0.29, 0.717) is 55.7 Å². The third-order valence-electron chi connectivity index (χ3n) is 5.80. The minimum absolute atomic E-state index is 0.0554. The van der Waals surface area contributed by atoms with Crippen LogP contribution in [0.25, 0.3) is 28.2 Å². The molecule has 204 valence electrons. The summed E-state index contributed by atoms with van der Waals surface area (Å²) in [6.07, 6.45) is 0.859. The Kier molecular flexibility index (Phi) is 7.86. The van der Waals surface area contributed by atoms with E-state index in [1.54, 1.807) is 42.5 Å². The van der Waals surface area contributed by atoms with Crippen molar-refractivity contribution in [2.24, 2.45) is 0 Å². The first-order chi connectivity index (χ1) is 19.4. The molecule has 0 saturated carbocycles. The molecular formula is C25H21Cl2N9O4. The average Bonchev–Trinajstić information content (AvgIpc) is 3.61. The van der Waals surface area contributed by atoms with E-state index >= 15 is 0 Å². The maximum Gasteiger partial charge on any atom is 0.411 e. The molecule has 0 radical (unpaired) electrons. The van der Waals surface area contributed by atoms with Crippen LogP contribution in [0.2, 0.25) is 10.2 Å². The predicted molar refractivity (Wildman–Crippen MR) is 147 cm³/mol. The number of aromatic nitrogens is 8. The molecule has 3 aromatic heterocycles. The lowest BCUT2D eigenvalue weighted by atomic mass is 10.1. The molecule has 0 atom stereocenters. The van der Waals surface area contributed by atoms with Gasteiger partial charge in [0.25, 0.3) is 5.56 Å². The zero-order valence-corrected chi connectivity index (χ0v) is 22.6. The van der Waals surface area contributed by atoms with Gasteiger partial charge in [-0.25, -0.2) is 14.8 Å². The lowest BCUT2D eigenvalue weighted by Crippen LogP contribution is -2.26. The Morgan fingerprint density at radius 2 is 1.88 bits per heavy atom. The Hall–Kier alpha value is -4.59. The highest BCUT2D eigenvalue weighted by molar-refractivity contribution is 6.32. The van der Waals surface area contributed by atoms with Crippen molar-refractivity contribution < 1.29 is 14.3 Å². The number of rotatable bonds is 8. The van der Waals surface area contributed by atoms with Crippen LogP contribution in [0.1, 0.15) is 11.6 Å². The molecule has 3 heterocycles. The van der Waals surface area contributed by atoms with Crippen molar-refractivity contribution >= 4 is 35.0 Å². The Morgan fingerprint density at radius 1 is 1.07 bits per heavy atom. The van der Waals surface area contributed by atoms with E-state index in [4.69, 9.17) is 32.9 Å². The predicted octanol–water partition coefficient (Wildman–Crippen LogP) is 3.96. The van der Waals surface area contributed by atoms with Gasteiger partial charge in [0.1, 0.15) is 35.4 Å². The van der Waals surface area contributed by atoms with Crippen LogP contribution in [0.4, 0.5) is 10.5 Å². The molecule has 15 heteroatoms. The molecule has 0 aliphatic rings. The van der Waals surface area contributed by atoms with Crippen LogP contribution in [-0.2, 0) is 22.6 Å². The number of H-pyrrole nitrogens is 1. The number of aromatic amines is 1. The quantitative estimate of drug-likeness (QED) is 0.277. The van der Waals surface area contributed by atoms with Gasteiger partial charge >= 0.3 is 6.09 Å². The summed E-state index contributed by atoms with van der Waals surface area (Å²) in [5, 5.41) is 14.6. The van der Waals surface area contributed by atoms with Crippen molar-refractivity contribution in [3.05, 3.63) is 87.0 Å². The number of carbonyl (C=O) groups is 1. The van der Waals surface area contributed by atoms with E-state index < -0.39 is 6.09 Å². The molecule has 0 aliphatic carbocycles. The van der Waals surface area contributed by atoms with Gasteiger partial charge in [-0.15, -0.1) is 5.10 Å². The minimum atomic E-state index is -0.577. The number of imidazole rings is 1.